The van der Waals surface area contributed by atoms with Crippen LogP contribution in [0.4, 0.5) is 0 Å². The van der Waals surface area contributed by atoms with E-state index in [0.29, 0.717) is 47.8 Å². The molecule has 0 spiro atoms. The van der Waals surface area contributed by atoms with Crippen molar-refractivity contribution in [1.29, 1.82) is 0 Å². The number of thioether (sulfide) groups is 1. The number of aromatic nitrogens is 2. The molecular formula is C33H36N4O6S. The van der Waals surface area contributed by atoms with Crippen molar-refractivity contribution in [2.75, 3.05) is 5.75 Å². The summed E-state index contributed by atoms with van der Waals surface area (Å²) in [5, 5.41) is 22.1. The largest absolute Gasteiger partial charge is 0.481 e. The van der Waals surface area contributed by atoms with E-state index in [0.717, 1.165) is 67.6 Å². The number of allylic oxidation sites excluding steroid dienone is 1. The number of carbonyl (C=O) groups is 4. The summed E-state index contributed by atoms with van der Waals surface area (Å²) < 4.78 is 0. The molecule has 0 radical (unpaired) electrons. The molecule has 5 rings (SSSR count). The zero-order valence-corrected chi connectivity index (χ0v) is 26.1. The Kier molecular flexibility index (Phi) is 8.69. The van der Waals surface area contributed by atoms with Gasteiger partial charge in [0.25, 0.3) is 11.8 Å². The van der Waals surface area contributed by atoms with Gasteiger partial charge in [0.05, 0.1) is 5.71 Å². The molecule has 11 heteroatoms. The normalized spacial score (nSPS) is 18.9. The van der Waals surface area contributed by atoms with Crippen LogP contribution < -0.4 is 5.32 Å². The van der Waals surface area contributed by atoms with Crippen LogP contribution in [-0.4, -0.2) is 60.6 Å². The summed E-state index contributed by atoms with van der Waals surface area (Å²) in [5.74, 6) is -1.26. The monoisotopic (exact) mass is 616 g/mol. The molecule has 0 saturated carbocycles. The first-order valence-electron chi connectivity index (χ1n) is 14.5. The van der Waals surface area contributed by atoms with E-state index in [2.05, 4.69) is 26.9 Å². The lowest BCUT2D eigenvalue weighted by Gasteiger charge is -2.07. The van der Waals surface area contributed by atoms with E-state index in [-0.39, 0.29) is 24.7 Å². The van der Waals surface area contributed by atoms with Gasteiger partial charge in [-0.3, -0.25) is 19.2 Å². The van der Waals surface area contributed by atoms with Crippen molar-refractivity contribution in [3.63, 3.8) is 0 Å². The minimum Gasteiger partial charge on any atom is -0.481 e. The van der Waals surface area contributed by atoms with E-state index in [1.54, 1.807) is 11.8 Å². The lowest BCUT2D eigenvalue weighted by Crippen LogP contribution is -2.15. The molecule has 5 N–H and O–H groups in total. The lowest BCUT2D eigenvalue weighted by atomic mass is 9.96. The minimum atomic E-state index is -0.908. The molecule has 0 bridgehead atoms. The molecule has 1 saturated heterocycles. The standard InChI is InChI=1S/C33H36N4O6S/c1-6-19-15(2)24(36-33(19)43)11-22-16(3)20(7-9-29(38)39)25(34-22)13-26-21(8-10-30(40)41)17(4)23(35-26)12-27-31(28-14-44-28)18(5)32(42)37-27/h6,11,28,34-35H,1,7-10,12-14H2,2-5H3,(H,36,43)(H,38,39)(H,40,41)/b24-11-/t28-/m1/s1. The molecular weight excluding hydrogens is 580 g/mol. The number of hydrogen-bond acceptors (Lipinski definition) is 5. The Morgan fingerprint density at radius 2 is 1.55 bits per heavy atom. The molecule has 10 nitrogen and oxygen atoms in total. The average molecular weight is 617 g/mol. The number of carbonyl (C=O) groups excluding carboxylic acids is 2. The Morgan fingerprint density at radius 1 is 0.932 bits per heavy atom. The fourth-order valence-corrected chi connectivity index (χ4v) is 6.84. The number of carboxylic acids is 2. The number of carboxylic acid groups (broad SMARTS) is 2. The van der Waals surface area contributed by atoms with Crippen LogP contribution in [-0.2, 0) is 44.9 Å². The Labute approximate surface area is 259 Å². The van der Waals surface area contributed by atoms with Gasteiger partial charge < -0.3 is 25.5 Å². The summed E-state index contributed by atoms with van der Waals surface area (Å²) in [5.41, 5.74) is 11.3. The molecule has 1 fully saturated rings. The van der Waals surface area contributed by atoms with Gasteiger partial charge in [0, 0.05) is 76.3 Å². The summed E-state index contributed by atoms with van der Waals surface area (Å²) in [6, 6.07) is 0. The summed E-state index contributed by atoms with van der Waals surface area (Å²) in [6.45, 7) is 11.3. The highest BCUT2D eigenvalue weighted by Gasteiger charge is 2.37. The van der Waals surface area contributed by atoms with Crippen molar-refractivity contribution < 1.29 is 29.4 Å². The average Bonchev–Trinajstić information content (AvgIpc) is 3.53. The number of aliphatic carboxylic acids is 2. The highest BCUT2D eigenvalue weighted by molar-refractivity contribution is 8.07. The maximum atomic E-state index is 12.5. The molecule has 44 heavy (non-hydrogen) atoms. The van der Waals surface area contributed by atoms with Gasteiger partial charge in [0.15, 0.2) is 0 Å². The van der Waals surface area contributed by atoms with Crippen LogP contribution in [0.25, 0.3) is 6.08 Å². The molecule has 0 aliphatic carbocycles. The van der Waals surface area contributed by atoms with Crippen LogP contribution in [0.1, 0.15) is 71.7 Å². The first-order chi connectivity index (χ1) is 20.9. The van der Waals surface area contributed by atoms with Gasteiger partial charge in [-0.2, -0.15) is 11.8 Å². The van der Waals surface area contributed by atoms with Crippen LogP contribution >= 0.6 is 11.8 Å². The second kappa shape index (κ2) is 12.3. The SMILES string of the molecule is C=CC1=C(C)/C(=C/c2[nH]c(Cc3[nH]c(CC4=NC(=O)C(C)=C4[C@H]4CS4)c(C)c3CCC(=O)O)c(CCC(=O)O)c2C)NC1=O. The highest BCUT2D eigenvalue weighted by Crippen LogP contribution is 2.41. The summed E-state index contributed by atoms with van der Waals surface area (Å²) in [7, 11) is 0. The second-order valence-electron chi connectivity index (χ2n) is 11.4. The molecule has 5 heterocycles. The number of nitrogens with one attached hydrogen (secondary N) is 3. The number of aromatic amines is 2. The maximum Gasteiger partial charge on any atom is 0.303 e. The van der Waals surface area contributed by atoms with Gasteiger partial charge in [-0.15, -0.1) is 0 Å². The van der Waals surface area contributed by atoms with E-state index in [1.165, 1.54) is 6.08 Å². The quantitative estimate of drug-likeness (QED) is 0.207. The second-order valence-corrected chi connectivity index (χ2v) is 12.7. The highest BCUT2D eigenvalue weighted by atomic mass is 32.2. The maximum absolute atomic E-state index is 12.5. The lowest BCUT2D eigenvalue weighted by molar-refractivity contribution is -0.138. The van der Waals surface area contributed by atoms with E-state index >= 15 is 0 Å². The van der Waals surface area contributed by atoms with Crippen LogP contribution in [0.3, 0.4) is 0 Å². The zero-order valence-electron chi connectivity index (χ0n) is 25.3. The van der Waals surface area contributed by atoms with Gasteiger partial charge in [0.1, 0.15) is 0 Å². The Balaban J connectivity index is 1.53. The van der Waals surface area contributed by atoms with Crippen molar-refractivity contribution in [2.45, 2.75) is 71.5 Å². The van der Waals surface area contributed by atoms with Crippen molar-refractivity contribution in [3.8, 4) is 0 Å². The molecule has 2 aromatic heterocycles. The molecule has 2 amide bonds. The number of rotatable bonds is 13. The van der Waals surface area contributed by atoms with E-state index in [9.17, 15) is 29.4 Å². The Bertz CT molecular complexity index is 1740. The number of aliphatic imine (C=N–C) groups is 1. The number of hydrogen-bond donors (Lipinski definition) is 5. The number of amides is 2. The van der Waals surface area contributed by atoms with Gasteiger partial charge in [-0.25, -0.2) is 4.99 Å². The van der Waals surface area contributed by atoms with Crippen LogP contribution in [0.15, 0.2) is 45.6 Å². The van der Waals surface area contributed by atoms with Gasteiger partial charge >= 0.3 is 11.9 Å². The molecule has 1 atom stereocenters. The van der Waals surface area contributed by atoms with E-state index in [1.807, 2.05) is 33.8 Å². The Morgan fingerprint density at radius 3 is 2.11 bits per heavy atom. The van der Waals surface area contributed by atoms with Crippen molar-refractivity contribution in [2.24, 2.45) is 4.99 Å². The fraction of sp³-hybridized carbons (Fsp3) is 0.364. The summed E-state index contributed by atoms with van der Waals surface area (Å²) in [4.78, 5) is 59.3. The third-order valence-electron chi connectivity index (χ3n) is 8.67. The summed E-state index contributed by atoms with van der Waals surface area (Å²) >= 11 is 1.79. The topological polar surface area (TPSA) is 165 Å². The Hall–Kier alpha value is -4.38. The van der Waals surface area contributed by atoms with Crippen LogP contribution in [0, 0.1) is 13.8 Å². The number of H-pyrrole nitrogens is 2. The summed E-state index contributed by atoms with van der Waals surface area (Å²) in [6.07, 6.45) is 4.72. The third kappa shape index (κ3) is 6.14. The van der Waals surface area contributed by atoms with Crippen LogP contribution in [0.2, 0.25) is 0 Å². The third-order valence-corrected chi connectivity index (χ3v) is 9.58. The minimum absolute atomic E-state index is 0.0442. The first-order valence-corrected chi connectivity index (χ1v) is 15.6. The van der Waals surface area contributed by atoms with Crippen molar-refractivity contribution in [1.82, 2.24) is 15.3 Å². The van der Waals surface area contributed by atoms with Gasteiger partial charge in [0.2, 0.25) is 0 Å². The zero-order chi connectivity index (χ0) is 31.9. The van der Waals surface area contributed by atoms with Crippen molar-refractivity contribution in [3.05, 3.63) is 85.7 Å². The smallest absolute Gasteiger partial charge is 0.303 e. The number of nitrogens with zero attached hydrogens (tertiary/aromatic N) is 1. The molecule has 230 valence electrons. The molecule has 0 unspecified atom stereocenters. The van der Waals surface area contributed by atoms with Gasteiger partial charge in [-0.1, -0.05) is 12.7 Å². The van der Waals surface area contributed by atoms with Crippen LogP contribution in [0.5, 0.6) is 0 Å². The molecule has 0 aromatic carbocycles. The predicted molar refractivity (Wildman–Crippen MR) is 170 cm³/mol. The van der Waals surface area contributed by atoms with Gasteiger partial charge in [-0.05, 0) is 80.0 Å². The van der Waals surface area contributed by atoms with E-state index < -0.39 is 11.9 Å². The molecule has 3 aliphatic rings. The first kappa shape index (κ1) is 31.1. The molecule has 3 aliphatic heterocycles. The molecule has 2 aromatic rings. The predicted octanol–water partition coefficient (Wildman–Crippen LogP) is 4.51. The fourth-order valence-electron chi connectivity index (χ4n) is 6.10. The van der Waals surface area contributed by atoms with E-state index in [4.69, 9.17) is 0 Å². The van der Waals surface area contributed by atoms with Crippen molar-refractivity contribution >= 4 is 47.3 Å².